The van der Waals surface area contributed by atoms with Crippen molar-refractivity contribution in [3.63, 3.8) is 0 Å². The molecule has 1 heterocycles. The molecule has 3 aromatic rings. The number of aliphatic hydroxyl groups excluding tert-OH is 1. The summed E-state index contributed by atoms with van der Waals surface area (Å²) in [5, 5.41) is 11.7. The lowest BCUT2D eigenvalue weighted by Crippen LogP contribution is -2.29. The van der Waals surface area contributed by atoms with Gasteiger partial charge in [0, 0.05) is 12.1 Å². The van der Waals surface area contributed by atoms with Gasteiger partial charge in [-0.1, -0.05) is 64.1 Å². The largest absolute Gasteiger partial charge is 0.507 e. The number of ether oxygens (including phenoxy) is 2. The van der Waals surface area contributed by atoms with Crippen molar-refractivity contribution in [1.82, 2.24) is 4.90 Å². The number of rotatable bonds is 8. The predicted octanol–water partition coefficient (Wildman–Crippen LogP) is 6.88. The topological polar surface area (TPSA) is 76.1 Å². The summed E-state index contributed by atoms with van der Waals surface area (Å²) >= 11 is 0. The van der Waals surface area contributed by atoms with Crippen LogP contribution < -0.4 is 9.47 Å². The number of hydrogen-bond donors (Lipinski definition) is 1. The fraction of sp³-hybridized carbons (Fsp3) is 0.333. The molecule has 0 bridgehead atoms. The van der Waals surface area contributed by atoms with Crippen LogP contribution in [0.4, 0.5) is 0 Å². The lowest BCUT2D eigenvalue weighted by atomic mass is 9.90. The maximum Gasteiger partial charge on any atom is 0.295 e. The predicted molar refractivity (Wildman–Crippen MR) is 153 cm³/mol. The maximum atomic E-state index is 13.6. The molecule has 3 aromatic carbocycles. The minimum atomic E-state index is -0.739. The van der Waals surface area contributed by atoms with Crippen LogP contribution in [0.25, 0.3) is 5.76 Å². The number of Topliss-reactive ketones (excluding diaryl/α,β-unsaturated/α-hetero) is 1. The average molecular weight is 528 g/mol. The molecule has 1 unspecified atom stereocenters. The molecule has 6 nitrogen and oxygen atoms in total. The number of likely N-dealkylation sites (tertiary alicyclic amines) is 1. The Morgan fingerprint density at radius 2 is 1.54 bits per heavy atom. The van der Waals surface area contributed by atoms with E-state index in [1.54, 1.807) is 19.1 Å². The number of hydrogen-bond acceptors (Lipinski definition) is 5. The van der Waals surface area contributed by atoms with E-state index in [1.807, 2.05) is 81.4 Å². The van der Waals surface area contributed by atoms with Crippen molar-refractivity contribution in [3.8, 4) is 11.5 Å². The Labute approximate surface area is 230 Å². The third kappa shape index (κ3) is 5.42. The van der Waals surface area contributed by atoms with Gasteiger partial charge in [-0.15, -0.1) is 0 Å². The smallest absolute Gasteiger partial charge is 0.295 e. The number of aryl methyl sites for hydroxylation is 1. The first-order valence-corrected chi connectivity index (χ1v) is 13.3. The maximum absolute atomic E-state index is 13.6. The third-order valence-corrected chi connectivity index (χ3v) is 7.42. The van der Waals surface area contributed by atoms with E-state index in [0.29, 0.717) is 17.2 Å². The highest BCUT2D eigenvalue weighted by molar-refractivity contribution is 6.46. The van der Waals surface area contributed by atoms with Gasteiger partial charge in [-0.05, 0) is 70.8 Å². The Morgan fingerprint density at radius 1 is 0.897 bits per heavy atom. The Bertz CT molecular complexity index is 1400. The average Bonchev–Trinajstić information content (AvgIpc) is 3.17. The number of ketones is 1. The fourth-order valence-corrected chi connectivity index (χ4v) is 5.11. The molecular weight excluding hydrogens is 490 g/mol. The van der Waals surface area contributed by atoms with Crippen LogP contribution in [0.15, 0.2) is 66.2 Å². The Kier molecular flexibility index (Phi) is 8.14. The molecule has 0 aliphatic carbocycles. The molecule has 1 atom stereocenters. The summed E-state index contributed by atoms with van der Waals surface area (Å²) in [6, 6.07) is 18.3. The number of amides is 1. The molecule has 4 rings (SSSR count). The lowest BCUT2D eigenvalue weighted by molar-refractivity contribution is -0.140. The zero-order chi connectivity index (χ0) is 28.4. The van der Waals surface area contributed by atoms with E-state index in [2.05, 4.69) is 13.8 Å². The van der Waals surface area contributed by atoms with Crippen LogP contribution in [-0.2, 0) is 16.1 Å². The Balaban J connectivity index is 1.89. The molecule has 0 radical (unpaired) electrons. The SMILES string of the molecule is COc1ccc(CN2C(=O)C(=O)/C(=C(/O)c3cc(C(C)C)c(OC)cc3C)C2c2ccc(C(C)C)cc2)cc1. The fourth-order valence-electron chi connectivity index (χ4n) is 5.11. The van der Waals surface area contributed by atoms with Crippen LogP contribution in [0.1, 0.15) is 79.0 Å². The van der Waals surface area contributed by atoms with Gasteiger partial charge in [0.2, 0.25) is 0 Å². The van der Waals surface area contributed by atoms with Crippen molar-refractivity contribution in [1.29, 1.82) is 0 Å². The molecule has 0 saturated carbocycles. The molecule has 1 aliphatic heterocycles. The second-order valence-electron chi connectivity index (χ2n) is 10.7. The minimum Gasteiger partial charge on any atom is -0.507 e. The van der Waals surface area contributed by atoms with Gasteiger partial charge in [0.05, 0.1) is 25.8 Å². The molecule has 1 saturated heterocycles. The monoisotopic (exact) mass is 527 g/mol. The van der Waals surface area contributed by atoms with Gasteiger partial charge < -0.3 is 19.5 Å². The standard InChI is InChI=1S/C33H37NO5/c1-19(2)23-10-12-24(13-11-23)30-29(31(35)27-17-26(20(3)4)28(39-7)16-21(27)5)32(36)33(37)34(30)18-22-8-14-25(38-6)15-9-22/h8-17,19-20,30,35H,18H2,1-7H3/b31-29+. The van der Waals surface area contributed by atoms with Crippen molar-refractivity contribution in [2.75, 3.05) is 14.2 Å². The van der Waals surface area contributed by atoms with E-state index in [-0.39, 0.29) is 23.8 Å². The van der Waals surface area contributed by atoms with Crippen LogP contribution in [0.5, 0.6) is 11.5 Å². The highest BCUT2D eigenvalue weighted by atomic mass is 16.5. The second kappa shape index (κ2) is 11.4. The molecular formula is C33H37NO5. The van der Waals surface area contributed by atoms with Crippen LogP contribution in [0.3, 0.4) is 0 Å². The molecule has 1 amide bonds. The first-order valence-electron chi connectivity index (χ1n) is 13.3. The number of carbonyl (C=O) groups is 2. The van der Waals surface area contributed by atoms with Crippen LogP contribution in [0.2, 0.25) is 0 Å². The van der Waals surface area contributed by atoms with E-state index in [4.69, 9.17) is 9.47 Å². The lowest BCUT2D eigenvalue weighted by Gasteiger charge is -2.26. The quantitative estimate of drug-likeness (QED) is 0.196. The summed E-state index contributed by atoms with van der Waals surface area (Å²) < 4.78 is 10.8. The van der Waals surface area contributed by atoms with E-state index >= 15 is 0 Å². The summed E-state index contributed by atoms with van der Waals surface area (Å²) in [5.41, 5.74) is 5.05. The molecule has 0 aromatic heterocycles. The number of aliphatic hydroxyl groups is 1. The Hall–Kier alpha value is -4.06. The molecule has 204 valence electrons. The third-order valence-electron chi connectivity index (χ3n) is 7.42. The molecule has 6 heteroatoms. The highest BCUT2D eigenvalue weighted by Gasteiger charge is 2.46. The molecule has 39 heavy (non-hydrogen) atoms. The van der Waals surface area contributed by atoms with Gasteiger partial charge in [-0.2, -0.15) is 0 Å². The highest BCUT2D eigenvalue weighted by Crippen LogP contribution is 2.42. The zero-order valence-electron chi connectivity index (χ0n) is 23.7. The van der Waals surface area contributed by atoms with Gasteiger partial charge >= 0.3 is 0 Å². The first kappa shape index (κ1) is 28.0. The van der Waals surface area contributed by atoms with E-state index in [1.165, 1.54) is 0 Å². The van der Waals surface area contributed by atoms with Gasteiger partial charge in [-0.25, -0.2) is 0 Å². The summed E-state index contributed by atoms with van der Waals surface area (Å²) in [4.78, 5) is 28.6. The van der Waals surface area contributed by atoms with Crippen molar-refractivity contribution in [3.05, 3.63) is 99.6 Å². The Morgan fingerprint density at radius 3 is 2.08 bits per heavy atom. The summed E-state index contributed by atoms with van der Waals surface area (Å²) in [5.74, 6) is 0.383. The van der Waals surface area contributed by atoms with Gasteiger partial charge in [-0.3, -0.25) is 9.59 Å². The summed E-state index contributed by atoms with van der Waals surface area (Å²) in [7, 11) is 3.21. The van der Waals surface area contributed by atoms with Crippen molar-refractivity contribution < 1.29 is 24.2 Å². The summed E-state index contributed by atoms with van der Waals surface area (Å²) in [6.07, 6.45) is 0. The van der Waals surface area contributed by atoms with Gasteiger partial charge in [0.1, 0.15) is 17.3 Å². The zero-order valence-corrected chi connectivity index (χ0v) is 23.7. The summed E-state index contributed by atoms with van der Waals surface area (Å²) in [6.45, 7) is 10.4. The first-order chi connectivity index (χ1) is 18.6. The van der Waals surface area contributed by atoms with Crippen molar-refractivity contribution in [2.45, 2.75) is 59.0 Å². The van der Waals surface area contributed by atoms with E-state index in [9.17, 15) is 14.7 Å². The van der Waals surface area contributed by atoms with E-state index in [0.717, 1.165) is 33.6 Å². The normalized spacial score (nSPS) is 16.8. The minimum absolute atomic E-state index is 0.0915. The van der Waals surface area contributed by atoms with Gasteiger partial charge in [0.15, 0.2) is 0 Å². The number of carbonyl (C=O) groups excluding carboxylic acids is 2. The molecule has 1 N–H and O–H groups in total. The number of benzene rings is 3. The number of methoxy groups -OCH3 is 2. The van der Waals surface area contributed by atoms with Crippen LogP contribution >= 0.6 is 0 Å². The second-order valence-corrected chi connectivity index (χ2v) is 10.7. The molecule has 1 aliphatic rings. The van der Waals surface area contributed by atoms with Gasteiger partial charge in [0.25, 0.3) is 11.7 Å². The van der Waals surface area contributed by atoms with Crippen LogP contribution in [-0.4, -0.2) is 35.9 Å². The van der Waals surface area contributed by atoms with Crippen molar-refractivity contribution >= 4 is 17.4 Å². The van der Waals surface area contributed by atoms with E-state index < -0.39 is 17.7 Å². The molecule has 0 spiro atoms. The van der Waals surface area contributed by atoms with Crippen LogP contribution in [0, 0.1) is 6.92 Å². The number of nitrogens with zero attached hydrogens (tertiary/aromatic N) is 1. The molecule has 1 fully saturated rings. The van der Waals surface area contributed by atoms with Crippen molar-refractivity contribution in [2.24, 2.45) is 0 Å².